The van der Waals surface area contributed by atoms with Crippen LogP contribution in [0.5, 0.6) is 0 Å². The van der Waals surface area contributed by atoms with E-state index in [1.165, 1.54) is 0 Å². The maximum Gasteiger partial charge on any atom is 0.271 e. The molecule has 0 aliphatic carbocycles. The zero-order chi connectivity index (χ0) is 8.97. The molecule has 0 spiro atoms. The molecule has 1 rings (SSSR count). The van der Waals surface area contributed by atoms with Crippen molar-refractivity contribution in [2.45, 2.75) is 6.73 Å². The van der Waals surface area contributed by atoms with Crippen molar-refractivity contribution in [3.63, 3.8) is 0 Å². The third kappa shape index (κ3) is 1.82. The van der Waals surface area contributed by atoms with Crippen molar-refractivity contribution >= 4 is 5.91 Å². The fourth-order valence-corrected chi connectivity index (χ4v) is 0.815. The molecule has 0 atom stereocenters. The van der Waals surface area contributed by atoms with E-state index in [-0.39, 0.29) is 5.91 Å². The summed E-state index contributed by atoms with van der Waals surface area (Å²) in [4.78, 5) is 11.0. The SMILES string of the molecule is CNC(=O)c1ccn(COC)n1. The predicted molar refractivity (Wildman–Crippen MR) is 42.6 cm³/mol. The Balaban J connectivity index is 2.70. The number of nitrogens with one attached hydrogen (secondary N) is 1. The van der Waals surface area contributed by atoms with Gasteiger partial charge in [-0.1, -0.05) is 0 Å². The Morgan fingerprint density at radius 1 is 1.83 bits per heavy atom. The Bertz CT molecular complexity index is 269. The van der Waals surface area contributed by atoms with Gasteiger partial charge in [0.2, 0.25) is 0 Å². The highest BCUT2D eigenvalue weighted by molar-refractivity contribution is 5.91. The molecule has 0 aliphatic heterocycles. The molecule has 1 aromatic rings. The molecule has 0 saturated carbocycles. The van der Waals surface area contributed by atoms with E-state index in [1.54, 1.807) is 31.1 Å². The van der Waals surface area contributed by atoms with Gasteiger partial charge in [-0.15, -0.1) is 0 Å². The fourth-order valence-electron chi connectivity index (χ4n) is 0.815. The number of methoxy groups -OCH3 is 1. The van der Waals surface area contributed by atoms with E-state index >= 15 is 0 Å². The number of amides is 1. The van der Waals surface area contributed by atoms with Gasteiger partial charge in [0.1, 0.15) is 12.4 Å². The largest absolute Gasteiger partial charge is 0.362 e. The van der Waals surface area contributed by atoms with E-state index in [1.807, 2.05) is 0 Å². The van der Waals surface area contributed by atoms with Crippen molar-refractivity contribution < 1.29 is 9.53 Å². The average molecular weight is 169 g/mol. The van der Waals surface area contributed by atoms with E-state index in [0.29, 0.717) is 12.4 Å². The van der Waals surface area contributed by atoms with Crippen LogP contribution in [0.15, 0.2) is 12.3 Å². The van der Waals surface area contributed by atoms with Crippen molar-refractivity contribution in [3.05, 3.63) is 18.0 Å². The van der Waals surface area contributed by atoms with E-state index in [4.69, 9.17) is 4.74 Å². The van der Waals surface area contributed by atoms with Crippen LogP contribution in [0.2, 0.25) is 0 Å². The molecule has 5 nitrogen and oxygen atoms in total. The van der Waals surface area contributed by atoms with Crippen molar-refractivity contribution in [2.24, 2.45) is 0 Å². The van der Waals surface area contributed by atoms with Gasteiger partial charge in [0, 0.05) is 20.4 Å². The summed E-state index contributed by atoms with van der Waals surface area (Å²) in [5.74, 6) is -0.190. The minimum absolute atomic E-state index is 0.190. The van der Waals surface area contributed by atoms with Crippen LogP contribution < -0.4 is 5.32 Å². The lowest BCUT2D eigenvalue weighted by Gasteiger charge is -1.96. The molecule has 12 heavy (non-hydrogen) atoms. The molecule has 5 heteroatoms. The van der Waals surface area contributed by atoms with Crippen molar-refractivity contribution in [3.8, 4) is 0 Å². The second-order valence-electron chi connectivity index (χ2n) is 2.24. The van der Waals surface area contributed by atoms with Crippen molar-refractivity contribution in [1.82, 2.24) is 15.1 Å². The van der Waals surface area contributed by atoms with Gasteiger partial charge in [-0.25, -0.2) is 4.68 Å². The molecule has 0 bridgehead atoms. The fraction of sp³-hybridized carbons (Fsp3) is 0.429. The van der Waals surface area contributed by atoms with Gasteiger partial charge in [0.25, 0.3) is 5.91 Å². The summed E-state index contributed by atoms with van der Waals surface area (Å²) in [6.07, 6.45) is 1.69. The molecule has 0 aromatic carbocycles. The molecule has 1 amide bonds. The minimum Gasteiger partial charge on any atom is -0.362 e. The lowest BCUT2D eigenvalue weighted by molar-refractivity contribution is 0.0950. The van der Waals surface area contributed by atoms with Crippen LogP contribution >= 0.6 is 0 Å². The Kier molecular flexibility index (Phi) is 2.82. The third-order valence-electron chi connectivity index (χ3n) is 1.36. The minimum atomic E-state index is -0.190. The number of carbonyl (C=O) groups is 1. The van der Waals surface area contributed by atoms with Gasteiger partial charge >= 0.3 is 0 Å². The zero-order valence-corrected chi connectivity index (χ0v) is 7.07. The first-order valence-corrected chi connectivity index (χ1v) is 3.52. The third-order valence-corrected chi connectivity index (χ3v) is 1.36. The van der Waals surface area contributed by atoms with Gasteiger partial charge in [0.05, 0.1) is 0 Å². The Morgan fingerprint density at radius 2 is 2.58 bits per heavy atom. The Morgan fingerprint density at radius 3 is 3.17 bits per heavy atom. The second kappa shape index (κ2) is 3.87. The number of nitrogens with zero attached hydrogens (tertiary/aromatic N) is 2. The topological polar surface area (TPSA) is 56.2 Å². The lowest BCUT2D eigenvalue weighted by Crippen LogP contribution is -2.18. The molecule has 1 N–H and O–H groups in total. The molecule has 0 fully saturated rings. The molecule has 66 valence electrons. The highest BCUT2D eigenvalue weighted by Crippen LogP contribution is 1.94. The quantitative estimate of drug-likeness (QED) is 0.684. The summed E-state index contributed by atoms with van der Waals surface area (Å²) in [5.41, 5.74) is 0.398. The summed E-state index contributed by atoms with van der Waals surface area (Å²) in [6.45, 7) is 0.358. The highest BCUT2D eigenvalue weighted by atomic mass is 16.5. The van der Waals surface area contributed by atoms with E-state index in [2.05, 4.69) is 10.4 Å². The molecule has 0 aliphatic rings. The van der Waals surface area contributed by atoms with Gasteiger partial charge in [-0.2, -0.15) is 5.10 Å². The number of aromatic nitrogens is 2. The van der Waals surface area contributed by atoms with Crippen LogP contribution in [-0.4, -0.2) is 29.8 Å². The summed E-state index contributed by atoms with van der Waals surface area (Å²) in [5, 5.41) is 6.43. The number of carbonyl (C=O) groups excluding carboxylic acids is 1. The zero-order valence-electron chi connectivity index (χ0n) is 7.07. The summed E-state index contributed by atoms with van der Waals surface area (Å²) >= 11 is 0. The lowest BCUT2D eigenvalue weighted by atomic mass is 10.4. The van der Waals surface area contributed by atoms with Crippen LogP contribution in [0.1, 0.15) is 10.5 Å². The van der Waals surface area contributed by atoms with Gasteiger partial charge in [-0.05, 0) is 6.07 Å². The van der Waals surface area contributed by atoms with E-state index < -0.39 is 0 Å². The smallest absolute Gasteiger partial charge is 0.271 e. The van der Waals surface area contributed by atoms with Crippen LogP contribution in [0.25, 0.3) is 0 Å². The average Bonchev–Trinajstić information content (AvgIpc) is 2.52. The number of hydrogen-bond acceptors (Lipinski definition) is 3. The first-order valence-electron chi connectivity index (χ1n) is 3.52. The summed E-state index contributed by atoms with van der Waals surface area (Å²) in [6, 6.07) is 1.64. The Hall–Kier alpha value is -1.36. The predicted octanol–water partition coefficient (Wildman–Crippen LogP) is -0.153. The van der Waals surface area contributed by atoms with Crippen LogP contribution in [0.3, 0.4) is 0 Å². The maximum absolute atomic E-state index is 11.0. The molecular formula is C7H11N3O2. The van der Waals surface area contributed by atoms with Crippen molar-refractivity contribution in [1.29, 1.82) is 0 Å². The van der Waals surface area contributed by atoms with Crippen molar-refractivity contribution in [2.75, 3.05) is 14.2 Å². The number of ether oxygens (including phenoxy) is 1. The van der Waals surface area contributed by atoms with Gasteiger partial charge < -0.3 is 10.1 Å². The van der Waals surface area contributed by atoms with Crippen LogP contribution in [-0.2, 0) is 11.5 Å². The number of rotatable bonds is 3. The molecule has 0 saturated heterocycles. The monoisotopic (exact) mass is 169 g/mol. The molecule has 0 unspecified atom stereocenters. The number of hydrogen-bond donors (Lipinski definition) is 1. The first-order chi connectivity index (χ1) is 5.77. The standard InChI is InChI=1S/C7H11N3O2/c1-8-7(11)6-3-4-10(9-6)5-12-2/h3-4H,5H2,1-2H3,(H,8,11). The van der Waals surface area contributed by atoms with Gasteiger partial charge in [-0.3, -0.25) is 4.79 Å². The Labute approximate surface area is 70.3 Å². The molecule has 1 aromatic heterocycles. The normalized spacial score (nSPS) is 9.83. The summed E-state index contributed by atoms with van der Waals surface area (Å²) < 4.78 is 6.37. The summed E-state index contributed by atoms with van der Waals surface area (Å²) in [7, 11) is 3.14. The van der Waals surface area contributed by atoms with E-state index in [0.717, 1.165) is 0 Å². The van der Waals surface area contributed by atoms with E-state index in [9.17, 15) is 4.79 Å². The second-order valence-corrected chi connectivity index (χ2v) is 2.24. The van der Waals surface area contributed by atoms with Crippen LogP contribution in [0, 0.1) is 0 Å². The van der Waals surface area contributed by atoms with Crippen LogP contribution in [0.4, 0.5) is 0 Å². The molecule has 1 heterocycles. The highest BCUT2D eigenvalue weighted by Gasteiger charge is 2.05. The maximum atomic E-state index is 11.0. The molecule has 0 radical (unpaired) electrons. The molecular weight excluding hydrogens is 158 g/mol. The van der Waals surface area contributed by atoms with Gasteiger partial charge in [0.15, 0.2) is 0 Å². The first kappa shape index (κ1) is 8.73.